The molecule has 2 heterocycles. The largest absolute Gasteiger partial charge is 0.353 e. The average Bonchev–Trinajstić information content (AvgIpc) is 2.46. The van der Waals surface area contributed by atoms with E-state index in [4.69, 9.17) is 0 Å². The van der Waals surface area contributed by atoms with Crippen LogP contribution in [-0.4, -0.2) is 73.6 Å². The molecule has 2 rings (SSSR count). The van der Waals surface area contributed by atoms with Gasteiger partial charge in [-0.05, 0) is 40.3 Å². The fourth-order valence-corrected chi connectivity index (χ4v) is 3.03. The summed E-state index contributed by atoms with van der Waals surface area (Å²) in [4.78, 5) is 17.0. The van der Waals surface area contributed by atoms with Gasteiger partial charge in [-0.25, -0.2) is 0 Å². The van der Waals surface area contributed by atoms with Crippen molar-refractivity contribution in [2.24, 2.45) is 0 Å². The number of hydrogen-bond acceptors (Lipinski definition) is 4. The molecule has 0 saturated carbocycles. The Labute approximate surface area is 123 Å². The van der Waals surface area contributed by atoms with E-state index in [-0.39, 0.29) is 17.5 Å². The number of carbonyl (C=O) groups excluding carboxylic acids is 1. The highest BCUT2D eigenvalue weighted by Gasteiger charge is 2.30. The van der Waals surface area contributed by atoms with Gasteiger partial charge in [0.15, 0.2) is 0 Å². The van der Waals surface area contributed by atoms with Crippen molar-refractivity contribution in [3.05, 3.63) is 0 Å². The third kappa shape index (κ3) is 4.17. The summed E-state index contributed by atoms with van der Waals surface area (Å²) in [5.41, 5.74) is 0.0333. The van der Waals surface area contributed by atoms with Crippen LogP contribution >= 0.6 is 0 Å². The van der Waals surface area contributed by atoms with E-state index >= 15 is 0 Å². The van der Waals surface area contributed by atoms with E-state index in [0.717, 1.165) is 52.1 Å². The van der Waals surface area contributed by atoms with Crippen LogP contribution < -0.4 is 10.6 Å². The molecule has 5 heteroatoms. The van der Waals surface area contributed by atoms with Gasteiger partial charge in [-0.15, -0.1) is 0 Å². The summed E-state index contributed by atoms with van der Waals surface area (Å²) in [7, 11) is 2.17. The van der Waals surface area contributed by atoms with Gasteiger partial charge in [0.1, 0.15) is 0 Å². The molecular formula is C15H30N4O. The minimum atomic E-state index is 0.0204. The molecule has 20 heavy (non-hydrogen) atoms. The van der Waals surface area contributed by atoms with E-state index < -0.39 is 0 Å². The van der Waals surface area contributed by atoms with Gasteiger partial charge in [0.2, 0.25) is 5.91 Å². The Morgan fingerprint density at radius 2 is 1.95 bits per heavy atom. The van der Waals surface area contributed by atoms with Crippen molar-refractivity contribution in [1.29, 1.82) is 0 Å². The van der Waals surface area contributed by atoms with Crippen LogP contribution in [0.15, 0.2) is 0 Å². The van der Waals surface area contributed by atoms with Gasteiger partial charge in [-0.1, -0.05) is 6.42 Å². The van der Waals surface area contributed by atoms with E-state index in [9.17, 15) is 4.79 Å². The van der Waals surface area contributed by atoms with E-state index in [2.05, 4.69) is 41.3 Å². The standard InChI is InChI=1S/C15H30N4O/c1-15(2,19-10-8-18(3)9-11-19)12-17-14(20)13-6-4-5-7-16-13/h13,16H,4-12H2,1-3H3,(H,17,20)/t13-/m0/s1. The molecule has 0 unspecified atom stereocenters. The monoisotopic (exact) mass is 282 g/mol. The van der Waals surface area contributed by atoms with E-state index in [0.29, 0.717) is 0 Å². The van der Waals surface area contributed by atoms with Gasteiger partial charge in [-0.3, -0.25) is 9.69 Å². The maximum Gasteiger partial charge on any atom is 0.237 e. The number of carbonyl (C=O) groups is 1. The summed E-state index contributed by atoms with van der Waals surface area (Å²) in [6, 6.07) is 0.0204. The van der Waals surface area contributed by atoms with Crippen LogP contribution in [0.2, 0.25) is 0 Å². The van der Waals surface area contributed by atoms with Crippen LogP contribution in [0, 0.1) is 0 Å². The first kappa shape index (κ1) is 15.7. The molecule has 2 aliphatic heterocycles. The third-order valence-electron chi connectivity index (χ3n) is 4.68. The molecule has 0 bridgehead atoms. The van der Waals surface area contributed by atoms with Crippen molar-refractivity contribution in [2.45, 2.75) is 44.7 Å². The third-order valence-corrected chi connectivity index (χ3v) is 4.68. The Morgan fingerprint density at radius 3 is 2.55 bits per heavy atom. The summed E-state index contributed by atoms with van der Waals surface area (Å²) in [5.74, 6) is 0.173. The van der Waals surface area contributed by atoms with Crippen LogP contribution in [-0.2, 0) is 4.79 Å². The second-order valence-electron chi connectivity index (χ2n) is 6.82. The predicted molar refractivity (Wildman–Crippen MR) is 81.8 cm³/mol. The van der Waals surface area contributed by atoms with Crippen molar-refractivity contribution < 1.29 is 4.79 Å². The minimum absolute atomic E-state index is 0.0204. The number of rotatable bonds is 4. The van der Waals surface area contributed by atoms with Crippen LogP contribution in [0.1, 0.15) is 33.1 Å². The Kier molecular flexibility index (Phi) is 5.41. The molecule has 1 amide bonds. The first-order chi connectivity index (χ1) is 9.49. The van der Waals surface area contributed by atoms with Gasteiger partial charge >= 0.3 is 0 Å². The number of nitrogens with one attached hydrogen (secondary N) is 2. The normalized spacial score (nSPS) is 26.4. The quantitative estimate of drug-likeness (QED) is 0.777. The average molecular weight is 282 g/mol. The lowest BCUT2D eigenvalue weighted by Gasteiger charge is -2.43. The van der Waals surface area contributed by atoms with Crippen molar-refractivity contribution in [1.82, 2.24) is 20.4 Å². The zero-order chi connectivity index (χ0) is 14.6. The smallest absolute Gasteiger partial charge is 0.237 e. The topological polar surface area (TPSA) is 47.6 Å². The van der Waals surface area contributed by atoms with Crippen molar-refractivity contribution in [3.8, 4) is 0 Å². The molecule has 1 atom stereocenters. The number of piperidine rings is 1. The molecule has 0 aromatic heterocycles. The lowest BCUT2D eigenvalue weighted by Crippen LogP contribution is -2.59. The van der Waals surface area contributed by atoms with Crippen molar-refractivity contribution in [3.63, 3.8) is 0 Å². The molecule has 2 N–H and O–H groups in total. The van der Waals surface area contributed by atoms with Gasteiger partial charge in [0.05, 0.1) is 6.04 Å². The molecule has 0 spiro atoms. The van der Waals surface area contributed by atoms with E-state index in [1.807, 2.05) is 0 Å². The van der Waals surface area contributed by atoms with E-state index in [1.54, 1.807) is 0 Å². The molecule has 0 aromatic rings. The van der Waals surface area contributed by atoms with Crippen LogP contribution in [0.25, 0.3) is 0 Å². The number of hydrogen-bond donors (Lipinski definition) is 2. The highest BCUT2D eigenvalue weighted by Crippen LogP contribution is 2.16. The second kappa shape index (κ2) is 6.87. The van der Waals surface area contributed by atoms with E-state index in [1.165, 1.54) is 6.42 Å². The number of piperazine rings is 1. The summed E-state index contributed by atoms with van der Waals surface area (Å²) in [5, 5.41) is 6.45. The van der Waals surface area contributed by atoms with Crippen molar-refractivity contribution >= 4 is 5.91 Å². The molecule has 2 fully saturated rings. The van der Waals surface area contributed by atoms with Gasteiger partial charge < -0.3 is 15.5 Å². The zero-order valence-electron chi connectivity index (χ0n) is 13.2. The Morgan fingerprint density at radius 1 is 1.25 bits per heavy atom. The minimum Gasteiger partial charge on any atom is -0.353 e. The summed E-state index contributed by atoms with van der Waals surface area (Å²) in [6.45, 7) is 10.6. The first-order valence-electron chi connectivity index (χ1n) is 7.94. The fraction of sp³-hybridized carbons (Fsp3) is 0.933. The van der Waals surface area contributed by atoms with Crippen LogP contribution in [0.5, 0.6) is 0 Å². The Hall–Kier alpha value is -0.650. The Bertz CT molecular complexity index is 318. The summed E-state index contributed by atoms with van der Waals surface area (Å²) < 4.78 is 0. The molecule has 116 valence electrons. The maximum atomic E-state index is 12.2. The second-order valence-corrected chi connectivity index (χ2v) is 6.82. The lowest BCUT2D eigenvalue weighted by molar-refractivity contribution is -0.124. The first-order valence-corrected chi connectivity index (χ1v) is 7.94. The molecule has 2 saturated heterocycles. The number of nitrogens with zero attached hydrogens (tertiary/aromatic N) is 2. The molecule has 0 aromatic carbocycles. The number of likely N-dealkylation sites (N-methyl/N-ethyl adjacent to an activating group) is 1. The van der Waals surface area contributed by atoms with Gasteiger partial charge in [-0.2, -0.15) is 0 Å². The Balaban J connectivity index is 1.77. The highest BCUT2D eigenvalue weighted by molar-refractivity contribution is 5.81. The maximum absolute atomic E-state index is 12.2. The highest BCUT2D eigenvalue weighted by atomic mass is 16.2. The fourth-order valence-electron chi connectivity index (χ4n) is 3.03. The van der Waals surface area contributed by atoms with Crippen LogP contribution in [0.3, 0.4) is 0 Å². The molecular weight excluding hydrogens is 252 g/mol. The van der Waals surface area contributed by atoms with Gasteiger partial charge in [0.25, 0.3) is 0 Å². The molecule has 5 nitrogen and oxygen atoms in total. The number of amides is 1. The molecule has 2 aliphatic rings. The predicted octanol–water partition coefficient (Wildman–Crippen LogP) is 0.271. The summed E-state index contributed by atoms with van der Waals surface area (Å²) in [6.07, 6.45) is 3.32. The SMILES string of the molecule is CN1CCN(C(C)(C)CNC(=O)[C@@H]2CCCCN2)CC1. The van der Waals surface area contributed by atoms with Crippen LogP contribution in [0.4, 0.5) is 0 Å². The zero-order valence-corrected chi connectivity index (χ0v) is 13.2. The van der Waals surface area contributed by atoms with Crippen molar-refractivity contribution in [2.75, 3.05) is 46.3 Å². The summed E-state index contributed by atoms with van der Waals surface area (Å²) >= 11 is 0. The lowest BCUT2D eigenvalue weighted by atomic mass is 10.00. The molecule has 0 radical (unpaired) electrons. The van der Waals surface area contributed by atoms with Gasteiger partial charge in [0, 0.05) is 38.3 Å². The molecule has 0 aliphatic carbocycles.